The van der Waals surface area contributed by atoms with Crippen LogP contribution in [0.1, 0.15) is 21.5 Å². The number of carbonyl (C=O) groups excluding carboxylic acids is 2. The summed E-state index contributed by atoms with van der Waals surface area (Å²) in [6.07, 6.45) is 0. The Morgan fingerprint density at radius 2 is 1.30 bits per heavy atom. The smallest absolute Gasteiger partial charge is 0.322 e. The van der Waals surface area contributed by atoms with Crippen LogP contribution in [0.4, 0.5) is 21.9 Å². The van der Waals surface area contributed by atoms with E-state index in [0.717, 1.165) is 16.8 Å². The zero-order valence-corrected chi connectivity index (χ0v) is 15.2. The number of anilines is 3. The Hall–Kier alpha value is -3.60. The van der Waals surface area contributed by atoms with Crippen LogP contribution in [0.15, 0.2) is 72.8 Å². The fourth-order valence-electron chi connectivity index (χ4n) is 2.60. The number of carbonyl (C=O) groups is 2. The summed E-state index contributed by atoms with van der Waals surface area (Å²) in [6.45, 7) is 3.98. The van der Waals surface area contributed by atoms with Gasteiger partial charge in [-0.2, -0.15) is 0 Å². The summed E-state index contributed by atoms with van der Waals surface area (Å²) < 4.78 is 0. The fraction of sp³-hybridized carbons (Fsp3) is 0.0909. The Labute approximate surface area is 158 Å². The molecule has 0 atom stereocenters. The standard InChI is InChI=1S/C22H21N3O2/c1-15-7-6-10-20(16(15)2)25-21(26)17-11-13-19(14-12-17)24-22(27)23-18-8-4-3-5-9-18/h3-14H,1-2H3,(H,25,26)(H2,23,24,27). The predicted molar refractivity (Wildman–Crippen MR) is 109 cm³/mol. The van der Waals surface area contributed by atoms with Crippen LogP contribution in [0.2, 0.25) is 0 Å². The van der Waals surface area contributed by atoms with Gasteiger partial charge in [0.15, 0.2) is 0 Å². The summed E-state index contributed by atoms with van der Waals surface area (Å²) in [7, 11) is 0. The van der Waals surface area contributed by atoms with Gasteiger partial charge in [0.1, 0.15) is 0 Å². The molecule has 136 valence electrons. The second-order valence-corrected chi connectivity index (χ2v) is 6.22. The highest BCUT2D eigenvalue weighted by atomic mass is 16.2. The van der Waals surface area contributed by atoms with Gasteiger partial charge in [0, 0.05) is 22.6 Å². The van der Waals surface area contributed by atoms with Crippen LogP contribution in [-0.2, 0) is 0 Å². The van der Waals surface area contributed by atoms with Crippen molar-refractivity contribution < 1.29 is 9.59 Å². The van der Waals surface area contributed by atoms with Gasteiger partial charge in [0.2, 0.25) is 0 Å². The highest BCUT2D eigenvalue weighted by molar-refractivity contribution is 6.05. The van der Waals surface area contributed by atoms with E-state index in [2.05, 4.69) is 16.0 Å². The molecule has 0 unspecified atom stereocenters. The molecule has 0 aliphatic carbocycles. The third kappa shape index (κ3) is 4.73. The lowest BCUT2D eigenvalue weighted by molar-refractivity contribution is 0.102. The van der Waals surface area contributed by atoms with Gasteiger partial charge in [-0.25, -0.2) is 4.79 Å². The van der Waals surface area contributed by atoms with Gasteiger partial charge in [-0.3, -0.25) is 4.79 Å². The normalized spacial score (nSPS) is 10.1. The monoisotopic (exact) mass is 359 g/mol. The van der Waals surface area contributed by atoms with Gasteiger partial charge in [0.25, 0.3) is 5.91 Å². The van der Waals surface area contributed by atoms with E-state index >= 15 is 0 Å². The summed E-state index contributed by atoms with van der Waals surface area (Å²) in [5, 5.41) is 8.41. The minimum atomic E-state index is -0.339. The summed E-state index contributed by atoms with van der Waals surface area (Å²) in [4.78, 5) is 24.5. The minimum absolute atomic E-state index is 0.191. The van der Waals surface area contributed by atoms with Gasteiger partial charge in [-0.15, -0.1) is 0 Å². The van der Waals surface area contributed by atoms with E-state index in [1.54, 1.807) is 36.4 Å². The molecule has 3 N–H and O–H groups in total. The number of aryl methyl sites for hydroxylation is 1. The third-order valence-corrected chi connectivity index (χ3v) is 4.29. The number of urea groups is 1. The maximum atomic E-state index is 12.4. The van der Waals surface area contributed by atoms with Crippen LogP contribution in [0.5, 0.6) is 0 Å². The van der Waals surface area contributed by atoms with Crippen LogP contribution in [0.25, 0.3) is 0 Å². The summed E-state index contributed by atoms with van der Waals surface area (Å²) >= 11 is 0. The molecule has 0 bridgehead atoms. The first kappa shape index (κ1) is 18.2. The molecule has 3 rings (SSSR count). The first-order chi connectivity index (χ1) is 13.0. The first-order valence-electron chi connectivity index (χ1n) is 8.63. The molecule has 0 aliphatic heterocycles. The SMILES string of the molecule is Cc1cccc(NC(=O)c2ccc(NC(=O)Nc3ccccc3)cc2)c1C. The van der Waals surface area contributed by atoms with Crippen molar-refractivity contribution >= 4 is 29.0 Å². The molecular weight excluding hydrogens is 338 g/mol. The van der Waals surface area contributed by atoms with E-state index in [9.17, 15) is 9.59 Å². The molecule has 0 aliphatic rings. The van der Waals surface area contributed by atoms with E-state index in [0.29, 0.717) is 16.9 Å². The van der Waals surface area contributed by atoms with Gasteiger partial charge in [0.05, 0.1) is 0 Å². The lowest BCUT2D eigenvalue weighted by Crippen LogP contribution is -2.19. The second-order valence-electron chi connectivity index (χ2n) is 6.22. The van der Waals surface area contributed by atoms with Crippen molar-refractivity contribution in [3.8, 4) is 0 Å². The average Bonchev–Trinajstić information content (AvgIpc) is 2.66. The van der Waals surface area contributed by atoms with Gasteiger partial charge < -0.3 is 16.0 Å². The molecular formula is C22H21N3O2. The van der Waals surface area contributed by atoms with Crippen molar-refractivity contribution in [3.05, 3.63) is 89.5 Å². The quantitative estimate of drug-likeness (QED) is 0.599. The van der Waals surface area contributed by atoms with Crippen LogP contribution in [0.3, 0.4) is 0 Å². The highest BCUT2D eigenvalue weighted by Gasteiger charge is 2.09. The largest absolute Gasteiger partial charge is 0.323 e. The zero-order valence-electron chi connectivity index (χ0n) is 15.2. The molecule has 0 fully saturated rings. The molecule has 0 spiro atoms. The van der Waals surface area contributed by atoms with E-state index in [4.69, 9.17) is 0 Å². The average molecular weight is 359 g/mol. The molecule has 0 heterocycles. The molecule has 3 aromatic carbocycles. The summed E-state index contributed by atoms with van der Waals surface area (Å²) in [5.74, 6) is -0.191. The molecule has 5 heteroatoms. The minimum Gasteiger partial charge on any atom is -0.322 e. The second kappa shape index (κ2) is 8.19. The van der Waals surface area contributed by atoms with Crippen molar-refractivity contribution in [1.82, 2.24) is 0 Å². The molecule has 0 saturated carbocycles. The van der Waals surface area contributed by atoms with E-state index in [1.807, 2.05) is 50.2 Å². The Morgan fingerprint density at radius 3 is 1.96 bits per heavy atom. The molecule has 0 saturated heterocycles. The number of hydrogen-bond acceptors (Lipinski definition) is 2. The Balaban J connectivity index is 1.62. The number of hydrogen-bond donors (Lipinski definition) is 3. The van der Waals surface area contributed by atoms with E-state index in [-0.39, 0.29) is 11.9 Å². The number of benzene rings is 3. The summed E-state index contributed by atoms with van der Waals surface area (Å²) in [5.41, 5.74) is 4.79. The van der Waals surface area contributed by atoms with Crippen molar-refractivity contribution in [1.29, 1.82) is 0 Å². The maximum absolute atomic E-state index is 12.4. The van der Waals surface area contributed by atoms with Gasteiger partial charge in [-0.1, -0.05) is 30.3 Å². The maximum Gasteiger partial charge on any atom is 0.323 e. The van der Waals surface area contributed by atoms with Crippen molar-refractivity contribution in [2.75, 3.05) is 16.0 Å². The Bertz CT molecular complexity index is 951. The van der Waals surface area contributed by atoms with Crippen LogP contribution in [0, 0.1) is 13.8 Å². The predicted octanol–water partition coefficient (Wildman–Crippen LogP) is 5.20. The molecule has 0 radical (unpaired) electrons. The van der Waals surface area contributed by atoms with Crippen molar-refractivity contribution in [2.24, 2.45) is 0 Å². The van der Waals surface area contributed by atoms with Gasteiger partial charge >= 0.3 is 6.03 Å². The third-order valence-electron chi connectivity index (χ3n) is 4.29. The molecule has 3 amide bonds. The van der Waals surface area contributed by atoms with Crippen LogP contribution < -0.4 is 16.0 Å². The number of amides is 3. The van der Waals surface area contributed by atoms with Gasteiger partial charge in [-0.05, 0) is 67.4 Å². The van der Waals surface area contributed by atoms with Crippen LogP contribution in [-0.4, -0.2) is 11.9 Å². The summed E-state index contributed by atoms with van der Waals surface area (Å²) in [6, 6.07) is 21.4. The lowest BCUT2D eigenvalue weighted by atomic mass is 10.1. The van der Waals surface area contributed by atoms with E-state index < -0.39 is 0 Å². The van der Waals surface area contributed by atoms with E-state index in [1.165, 1.54) is 0 Å². The van der Waals surface area contributed by atoms with Crippen LogP contribution >= 0.6 is 0 Å². The Morgan fingerprint density at radius 1 is 0.667 bits per heavy atom. The topological polar surface area (TPSA) is 70.2 Å². The lowest BCUT2D eigenvalue weighted by Gasteiger charge is -2.11. The molecule has 3 aromatic rings. The first-order valence-corrected chi connectivity index (χ1v) is 8.63. The zero-order chi connectivity index (χ0) is 19.2. The van der Waals surface area contributed by atoms with Crippen molar-refractivity contribution in [3.63, 3.8) is 0 Å². The number of rotatable bonds is 4. The van der Waals surface area contributed by atoms with Crippen molar-refractivity contribution in [2.45, 2.75) is 13.8 Å². The number of nitrogens with one attached hydrogen (secondary N) is 3. The Kier molecular flexibility index (Phi) is 5.52. The molecule has 27 heavy (non-hydrogen) atoms. The molecule has 5 nitrogen and oxygen atoms in total. The fourth-order valence-corrected chi connectivity index (χ4v) is 2.60. The molecule has 0 aromatic heterocycles. The highest BCUT2D eigenvalue weighted by Crippen LogP contribution is 2.19. The number of para-hydroxylation sites is 1.